The van der Waals surface area contributed by atoms with Crippen LogP contribution >= 0.6 is 8.03 Å². The van der Waals surface area contributed by atoms with Crippen molar-refractivity contribution in [3.05, 3.63) is 11.3 Å². The molecule has 0 fully saturated rings. The summed E-state index contributed by atoms with van der Waals surface area (Å²) in [5, 5.41) is 0. The number of hydrogen-bond donors (Lipinski definition) is 1. The van der Waals surface area contributed by atoms with Gasteiger partial charge in [0.2, 0.25) is 14.7 Å². The summed E-state index contributed by atoms with van der Waals surface area (Å²) in [6, 6.07) is 0. The second-order valence-electron chi connectivity index (χ2n) is 6.81. The molecule has 110 valence electrons. The highest BCUT2D eigenvalue weighted by atomic mass is 31.1. The molecule has 0 saturated heterocycles. The Balaban J connectivity index is 3.01. The van der Waals surface area contributed by atoms with Crippen LogP contribution in [-0.4, -0.2) is 19.6 Å². The van der Waals surface area contributed by atoms with E-state index in [1.54, 1.807) is 0 Å². The molecule has 0 radical (unpaired) electrons. The molecule has 1 aliphatic rings. The Kier molecular flexibility index (Phi) is 5.78. The molecule has 0 spiro atoms. The van der Waals surface area contributed by atoms with E-state index < -0.39 is 17.1 Å². The molecule has 0 aromatic rings. The van der Waals surface area contributed by atoms with Gasteiger partial charge in [-0.3, -0.25) is 0 Å². The smallest absolute Gasteiger partial charge is 0.513 e. The summed E-state index contributed by atoms with van der Waals surface area (Å²) in [4.78, 5) is 9.54. The van der Waals surface area contributed by atoms with Crippen LogP contribution in [0.5, 0.6) is 0 Å². The zero-order valence-electron chi connectivity index (χ0n) is 13.1. The second-order valence-corrected chi connectivity index (χ2v) is 10.4. The third-order valence-corrected chi connectivity index (χ3v) is 5.88. The van der Waals surface area contributed by atoms with Gasteiger partial charge in [-0.15, -0.1) is 0 Å². The van der Waals surface area contributed by atoms with E-state index in [1.165, 1.54) is 0 Å². The van der Waals surface area contributed by atoms with Crippen molar-refractivity contribution in [3.8, 4) is 0 Å². The standard InChI is InChI=1S/C14H27O3PSi/c1-7-13(18(15)16)11-8-10(14(2,3)4)9-12(11)17-19(5)6/h10,13,19H,7-9H2,1-6H3/p+1. The summed E-state index contributed by atoms with van der Waals surface area (Å²) in [6.07, 6.45) is 2.56. The molecule has 1 aliphatic carbocycles. The van der Waals surface area contributed by atoms with Gasteiger partial charge in [0, 0.05) is 12.0 Å². The van der Waals surface area contributed by atoms with Gasteiger partial charge < -0.3 is 4.43 Å². The van der Waals surface area contributed by atoms with E-state index in [0.29, 0.717) is 12.3 Å². The van der Waals surface area contributed by atoms with Crippen LogP contribution in [0.3, 0.4) is 0 Å². The van der Waals surface area contributed by atoms with Gasteiger partial charge in [0.25, 0.3) is 0 Å². The minimum Gasteiger partial charge on any atom is -0.550 e. The van der Waals surface area contributed by atoms with Gasteiger partial charge in [0.15, 0.2) is 0 Å². The van der Waals surface area contributed by atoms with E-state index in [0.717, 1.165) is 24.2 Å². The summed E-state index contributed by atoms with van der Waals surface area (Å²) >= 11 is 0. The molecule has 0 aliphatic heterocycles. The normalized spacial score (nSPS) is 22.9. The molecule has 0 bridgehead atoms. The SMILES string of the molecule is CCC(C1=C(O[SiH](C)C)CC(C(C)(C)C)C1)[P+](=O)O. The Morgan fingerprint density at radius 2 is 2.00 bits per heavy atom. The fourth-order valence-corrected chi connectivity index (χ4v) is 4.33. The number of rotatable bonds is 5. The molecule has 1 N–H and O–H groups in total. The molecule has 0 saturated carbocycles. The van der Waals surface area contributed by atoms with Gasteiger partial charge in [0.1, 0.15) is 0 Å². The Morgan fingerprint density at radius 1 is 1.42 bits per heavy atom. The summed E-state index contributed by atoms with van der Waals surface area (Å²) in [6.45, 7) is 13.0. The van der Waals surface area contributed by atoms with E-state index in [1.807, 2.05) is 6.92 Å². The largest absolute Gasteiger partial charge is 0.550 e. The fourth-order valence-electron chi connectivity index (χ4n) is 2.68. The summed E-state index contributed by atoms with van der Waals surface area (Å²) in [5.74, 6) is 1.56. The Hall–Kier alpha value is -0.183. The highest BCUT2D eigenvalue weighted by Gasteiger charge is 2.42. The lowest BCUT2D eigenvalue weighted by Crippen LogP contribution is -2.19. The summed E-state index contributed by atoms with van der Waals surface area (Å²) in [7, 11) is -3.32. The molecule has 1 rings (SSSR count). The first-order chi connectivity index (χ1) is 8.66. The van der Waals surface area contributed by atoms with Crippen molar-refractivity contribution in [2.45, 2.75) is 65.7 Å². The molecule has 5 heteroatoms. The van der Waals surface area contributed by atoms with Crippen LogP contribution in [-0.2, 0) is 8.99 Å². The van der Waals surface area contributed by atoms with Crippen molar-refractivity contribution in [1.29, 1.82) is 0 Å². The van der Waals surface area contributed by atoms with Crippen molar-refractivity contribution in [3.63, 3.8) is 0 Å². The highest BCUT2D eigenvalue weighted by molar-refractivity contribution is 7.39. The van der Waals surface area contributed by atoms with Gasteiger partial charge in [-0.1, -0.05) is 27.7 Å². The first kappa shape index (κ1) is 16.9. The van der Waals surface area contributed by atoms with E-state index in [2.05, 4.69) is 33.9 Å². The third kappa shape index (κ3) is 4.40. The average Bonchev–Trinajstić information content (AvgIpc) is 2.61. The van der Waals surface area contributed by atoms with Crippen LogP contribution in [0.2, 0.25) is 13.1 Å². The number of allylic oxidation sites excluding steroid dienone is 2. The molecule has 19 heavy (non-hydrogen) atoms. The van der Waals surface area contributed by atoms with Gasteiger partial charge in [-0.25, -0.2) is 0 Å². The van der Waals surface area contributed by atoms with Crippen molar-refractivity contribution < 1.29 is 13.9 Å². The molecular weight excluding hydrogens is 275 g/mol. The molecule has 0 heterocycles. The zero-order chi connectivity index (χ0) is 14.8. The zero-order valence-corrected chi connectivity index (χ0v) is 15.1. The van der Waals surface area contributed by atoms with Gasteiger partial charge >= 0.3 is 8.03 Å². The maximum Gasteiger partial charge on any atom is 0.513 e. The number of hydrogen-bond acceptors (Lipinski definition) is 2. The Morgan fingerprint density at radius 3 is 2.37 bits per heavy atom. The van der Waals surface area contributed by atoms with Crippen LogP contribution in [0.4, 0.5) is 0 Å². The van der Waals surface area contributed by atoms with E-state index in [-0.39, 0.29) is 11.1 Å². The second kappa shape index (κ2) is 6.51. The molecule has 0 amide bonds. The van der Waals surface area contributed by atoms with E-state index >= 15 is 0 Å². The lowest BCUT2D eigenvalue weighted by atomic mass is 9.78. The van der Waals surface area contributed by atoms with Crippen molar-refractivity contribution in [2.75, 3.05) is 0 Å². The van der Waals surface area contributed by atoms with Crippen LogP contribution in [0.1, 0.15) is 47.0 Å². The maximum atomic E-state index is 11.6. The van der Waals surface area contributed by atoms with Crippen molar-refractivity contribution in [1.82, 2.24) is 0 Å². The average molecular weight is 303 g/mol. The van der Waals surface area contributed by atoms with Gasteiger partial charge in [0.05, 0.1) is 5.76 Å². The van der Waals surface area contributed by atoms with E-state index in [4.69, 9.17) is 4.43 Å². The molecule has 0 aromatic carbocycles. The van der Waals surface area contributed by atoms with Gasteiger partial charge in [-0.05, 0) is 41.8 Å². The topological polar surface area (TPSA) is 46.5 Å². The molecule has 3 unspecified atom stereocenters. The van der Waals surface area contributed by atoms with E-state index in [9.17, 15) is 9.46 Å². The summed E-state index contributed by atoms with van der Waals surface area (Å²) in [5.41, 5.74) is 1.12. The van der Waals surface area contributed by atoms with Crippen LogP contribution < -0.4 is 0 Å². The van der Waals surface area contributed by atoms with Gasteiger partial charge in [-0.2, -0.15) is 4.89 Å². The minimum atomic E-state index is -2.15. The van der Waals surface area contributed by atoms with Crippen molar-refractivity contribution >= 4 is 17.1 Å². The molecule has 3 atom stereocenters. The van der Waals surface area contributed by atoms with Crippen LogP contribution in [0.15, 0.2) is 11.3 Å². The molecule has 3 nitrogen and oxygen atoms in total. The third-order valence-electron chi connectivity index (χ3n) is 3.91. The molecule has 0 aromatic heterocycles. The maximum absolute atomic E-state index is 11.6. The first-order valence-corrected chi connectivity index (χ1v) is 11.3. The lowest BCUT2D eigenvalue weighted by Gasteiger charge is -2.27. The Bertz CT molecular complexity index is 371. The lowest BCUT2D eigenvalue weighted by molar-refractivity contribution is 0.236. The van der Waals surface area contributed by atoms with Crippen LogP contribution in [0.25, 0.3) is 0 Å². The highest BCUT2D eigenvalue weighted by Crippen LogP contribution is 2.48. The van der Waals surface area contributed by atoms with Crippen molar-refractivity contribution in [2.24, 2.45) is 11.3 Å². The van der Waals surface area contributed by atoms with Crippen LogP contribution in [0, 0.1) is 11.3 Å². The predicted octanol–water partition coefficient (Wildman–Crippen LogP) is 4.21. The predicted molar refractivity (Wildman–Crippen MR) is 83.1 cm³/mol. The minimum absolute atomic E-state index is 0.217. The molecular formula is C14H28O3PSi+. The first-order valence-electron chi connectivity index (χ1n) is 7.20. The monoisotopic (exact) mass is 303 g/mol. The quantitative estimate of drug-likeness (QED) is 0.611. The Labute approximate surface area is 120 Å². The fraction of sp³-hybridized carbons (Fsp3) is 0.857. The summed E-state index contributed by atoms with van der Waals surface area (Å²) < 4.78 is 17.6.